The molecule has 2 aromatic carbocycles. The zero-order chi connectivity index (χ0) is 15.6. The highest BCUT2D eigenvalue weighted by atomic mass is 19.1. The Morgan fingerprint density at radius 2 is 1.95 bits per heavy atom. The van der Waals surface area contributed by atoms with E-state index in [1.54, 1.807) is 6.92 Å². The van der Waals surface area contributed by atoms with Crippen LogP contribution in [0.15, 0.2) is 36.4 Å². The minimum absolute atomic E-state index is 0.0528. The number of hydrogen-bond acceptors (Lipinski definition) is 4. The number of non-ortho nitro benzene ring substituents is 1. The van der Waals surface area contributed by atoms with E-state index in [1.165, 1.54) is 43.3 Å². The van der Waals surface area contributed by atoms with Gasteiger partial charge in [-0.1, -0.05) is 6.07 Å². The number of nitro benzene ring substituents is 1. The summed E-state index contributed by atoms with van der Waals surface area (Å²) in [7, 11) is 0. The average Bonchev–Trinajstić information content (AvgIpc) is 2.42. The molecule has 0 saturated carbocycles. The minimum atomic E-state index is -0.784. The Bertz CT molecular complexity index is 685. The van der Waals surface area contributed by atoms with Gasteiger partial charge in [-0.25, -0.2) is 4.39 Å². The van der Waals surface area contributed by atoms with Crippen molar-refractivity contribution in [3.8, 4) is 11.5 Å². The highest BCUT2D eigenvalue weighted by Crippen LogP contribution is 2.31. The van der Waals surface area contributed by atoms with Crippen LogP contribution in [-0.2, 0) is 0 Å². The average molecular weight is 291 g/mol. The molecule has 0 bridgehead atoms. The lowest BCUT2D eigenvalue weighted by atomic mass is 10.1. The molecule has 1 N–H and O–H groups in total. The molecule has 21 heavy (non-hydrogen) atoms. The first-order valence-electron chi connectivity index (χ1n) is 6.29. The first-order chi connectivity index (χ1) is 9.88. The number of halogens is 1. The van der Waals surface area contributed by atoms with Crippen molar-refractivity contribution in [2.24, 2.45) is 0 Å². The fourth-order valence-electron chi connectivity index (χ4n) is 1.79. The maximum absolute atomic E-state index is 13.9. The van der Waals surface area contributed by atoms with E-state index in [4.69, 9.17) is 4.74 Å². The summed E-state index contributed by atoms with van der Waals surface area (Å²) in [5, 5.41) is 20.1. The Morgan fingerprint density at radius 3 is 2.52 bits per heavy atom. The Hall–Kier alpha value is -2.47. The predicted octanol–water partition coefficient (Wildman–Crippen LogP) is 3.89. The number of rotatable bonds is 4. The SMILES string of the molecule is Cc1ccc([N+](=O)[O-])cc1Oc1ccc([C@@H](C)O)cc1F. The number of aliphatic hydroxyl groups excluding tert-OH is 1. The van der Waals surface area contributed by atoms with E-state index in [0.717, 1.165) is 0 Å². The van der Waals surface area contributed by atoms with Crippen LogP contribution >= 0.6 is 0 Å². The van der Waals surface area contributed by atoms with Crippen molar-refractivity contribution >= 4 is 5.69 Å². The summed E-state index contributed by atoms with van der Waals surface area (Å²) in [5.41, 5.74) is 0.951. The van der Waals surface area contributed by atoms with E-state index in [2.05, 4.69) is 0 Å². The van der Waals surface area contributed by atoms with Crippen molar-refractivity contribution in [1.82, 2.24) is 0 Å². The number of nitrogens with zero attached hydrogens (tertiary/aromatic N) is 1. The minimum Gasteiger partial charge on any atom is -0.454 e. The Morgan fingerprint density at radius 1 is 1.24 bits per heavy atom. The third kappa shape index (κ3) is 3.35. The number of nitro groups is 1. The topological polar surface area (TPSA) is 72.6 Å². The molecule has 0 aliphatic heterocycles. The molecule has 0 aliphatic rings. The lowest BCUT2D eigenvalue weighted by molar-refractivity contribution is -0.384. The molecule has 0 radical (unpaired) electrons. The Labute approximate surface area is 120 Å². The van der Waals surface area contributed by atoms with Crippen molar-refractivity contribution in [3.05, 3.63) is 63.5 Å². The Balaban J connectivity index is 2.34. The lowest BCUT2D eigenvalue weighted by Crippen LogP contribution is -1.96. The molecular formula is C15H14FNO4. The predicted molar refractivity (Wildman–Crippen MR) is 74.9 cm³/mol. The zero-order valence-electron chi connectivity index (χ0n) is 11.5. The second-order valence-corrected chi connectivity index (χ2v) is 4.67. The van der Waals surface area contributed by atoms with Crippen LogP contribution in [0.25, 0.3) is 0 Å². The summed E-state index contributed by atoms with van der Waals surface area (Å²) in [6.45, 7) is 3.24. The third-order valence-corrected chi connectivity index (χ3v) is 3.04. The van der Waals surface area contributed by atoms with Crippen LogP contribution < -0.4 is 4.74 Å². The molecule has 0 heterocycles. The first kappa shape index (κ1) is 14.9. The number of ether oxygens (including phenoxy) is 1. The monoisotopic (exact) mass is 291 g/mol. The standard InChI is InChI=1S/C15H14FNO4/c1-9-3-5-12(17(19)20)8-15(9)21-14-6-4-11(10(2)18)7-13(14)16/h3-8,10,18H,1-2H3/t10-/m1/s1. The van der Waals surface area contributed by atoms with Gasteiger partial charge in [-0.3, -0.25) is 10.1 Å². The van der Waals surface area contributed by atoms with E-state index in [-0.39, 0.29) is 17.2 Å². The summed E-state index contributed by atoms with van der Waals surface area (Å²) >= 11 is 0. The summed E-state index contributed by atoms with van der Waals surface area (Å²) in [6, 6.07) is 8.24. The molecule has 0 aliphatic carbocycles. The largest absolute Gasteiger partial charge is 0.454 e. The van der Waals surface area contributed by atoms with E-state index < -0.39 is 16.8 Å². The van der Waals surface area contributed by atoms with E-state index in [0.29, 0.717) is 11.1 Å². The van der Waals surface area contributed by atoms with Gasteiger partial charge in [0.1, 0.15) is 5.75 Å². The van der Waals surface area contributed by atoms with Gasteiger partial charge in [0.25, 0.3) is 5.69 Å². The van der Waals surface area contributed by atoms with Gasteiger partial charge < -0.3 is 9.84 Å². The number of hydrogen-bond donors (Lipinski definition) is 1. The number of aliphatic hydroxyl groups is 1. The molecule has 0 amide bonds. The van der Waals surface area contributed by atoms with Gasteiger partial charge in [-0.15, -0.1) is 0 Å². The quantitative estimate of drug-likeness (QED) is 0.685. The van der Waals surface area contributed by atoms with Gasteiger partial charge >= 0.3 is 0 Å². The van der Waals surface area contributed by atoms with Crippen molar-refractivity contribution in [3.63, 3.8) is 0 Å². The molecule has 0 fully saturated rings. The van der Waals surface area contributed by atoms with Gasteiger partial charge in [0, 0.05) is 6.07 Å². The summed E-state index contributed by atoms with van der Waals surface area (Å²) in [5.74, 6) is -0.477. The third-order valence-electron chi connectivity index (χ3n) is 3.04. The number of benzene rings is 2. The van der Waals surface area contributed by atoms with Gasteiger partial charge in [0.2, 0.25) is 0 Å². The highest BCUT2D eigenvalue weighted by Gasteiger charge is 2.13. The maximum Gasteiger partial charge on any atom is 0.273 e. The van der Waals surface area contributed by atoms with Crippen molar-refractivity contribution in [2.75, 3.05) is 0 Å². The van der Waals surface area contributed by atoms with E-state index >= 15 is 0 Å². The van der Waals surface area contributed by atoms with Crippen LogP contribution in [0.1, 0.15) is 24.2 Å². The second-order valence-electron chi connectivity index (χ2n) is 4.67. The summed E-state index contributed by atoms with van der Waals surface area (Å²) < 4.78 is 19.3. The van der Waals surface area contributed by atoms with Crippen LogP contribution in [0.2, 0.25) is 0 Å². The molecule has 1 atom stereocenters. The van der Waals surface area contributed by atoms with Gasteiger partial charge in [-0.05, 0) is 43.2 Å². The normalized spacial score (nSPS) is 12.0. The molecule has 0 unspecified atom stereocenters. The molecule has 110 valence electrons. The Kier molecular flexibility index (Phi) is 4.18. The highest BCUT2D eigenvalue weighted by molar-refractivity contribution is 5.46. The first-order valence-corrected chi connectivity index (χ1v) is 6.29. The molecule has 2 rings (SSSR count). The molecule has 0 saturated heterocycles. The van der Waals surface area contributed by atoms with Crippen LogP contribution in [0, 0.1) is 22.9 Å². The fraction of sp³-hybridized carbons (Fsp3) is 0.200. The molecular weight excluding hydrogens is 277 g/mol. The van der Waals surface area contributed by atoms with Crippen LogP contribution in [0.4, 0.5) is 10.1 Å². The van der Waals surface area contributed by atoms with E-state index in [1.807, 2.05) is 0 Å². The van der Waals surface area contributed by atoms with Crippen molar-refractivity contribution in [2.45, 2.75) is 20.0 Å². The molecule has 5 nitrogen and oxygen atoms in total. The van der Waals surface area contributed by atoms with E-state index in [9.17, 15) is 19.6 Å². The molecule has 6 heteroatoms. The fourth-order valence-corrected chi connectivity index (χ4v) is 1.79. The second kappa shape index (κ2) is 5.88. The van der Waals surface area contributed by atoms with Crippen LogP contribution in [-0.4, -0.2) is 10.0 Å². The van der Waals surface area contributed by atoms with Gasteiger partial charge in [0.05, 0.1) is 17.1 Å². The van der Waals surface area contributed by atoms with Crippen LogP contribution in [0.3, 0.4) is 0 Å². The zero-order valence-corrected chi connectivity index (χ0v) is 11.5. The maximum atomic E-state index is 13.9. The van der Waals surface area contributed by atoms with Gasteiger partial charge in [0.15, 0.2) is 11.6 Å². The van der Waals surface area contributed by atoms with Crippen LogP contribution in [0.5, 0.6) is 11.5 Å². The molecule has 0 spiro atoms. The van der Waals surface area contributed by atoms with Crippen molar-refractivity contribution < 1.29 is 19.2 Å². The smallest absolute Gasteiger partial charge is 0.273 e. The number of aryl methyl sites for hydroxylation is 1. The van der Waals surface area contributed by atoms with Gasteiger partial charge in [-0.2, -0.15) is 0 Å². The molecule has 0 aromatic heterocycles. The van der Waals surface area contributed by atoms with Crippen molar-refractivity contribution in [1.29, 1.82) is 0 Å². The lowest BCUT2D eigenvalue weighted by Gasteiger charge is -2.11. The molecule has 2 aromatic rings. The summed E-state index contributed by atoms with van der Waals surface area (Å²) in [6.07, 6.45) is -0.784. The summed E-state index contributed by atoms with van der Waals surface area (Å²) in [4.78, 5) is 10.2.